The summed E-state index contributed by atoms with van der Waals surface area (Å²) >= 11 is 0. The lowest BCUT2D eigenvalue weighted by Gasteiger charge is -2.19. The SMILES string of the molecule is CCOc1ccc(C(=O)CCC(=O)O[C@H](C(=O)NC(N)=O)C(C)C)cc1. The minimum absolute atomic E-state index is 0.0604. The number of esters is 1. The van der Waals surface area contributed by atoms with E-state index in [0.717, 1.165) is 0 Å². The second kappa shape index (κ2) is 10.2. The van der Waals surface area contributed by atoms with Crippen molar-refractivity contribution in [3.63, 3.8) is 0 Å². The fourth-order valence-electron chi connectivity index (χ4n) is 2.15. The average molecular weight is 364 g/mol. The molecule has 0 aromatic heterocycles. The van der Waals surface area contributed by atoms with Crippen LogP contribution in [0.15, 0.2) is 24.3 Å². The zero-order chi connectivity index (χ0) is 19.7. The van der Waals surface area contributed by atoms with Gasteiger partial charge in [-0.3, -0.25) is 19.7 Å². The molecule has 3 amide bonds. The van der Waals surface area contributed by atoms with E-state index in [-0.39, 0.29) is 24.5 Å². The molecular weight excluding hydrogens is 340 g/mol. The summed E-state index contributed by atoms with van der Waals surface area (Å²) in [6, 6.07) is 5.57. The number of carbonyl (C=O) groups excluding carboxylic acids is 4. The summed E-state index contributed by atoms with van der Waals surface area (Å²) in [4.78, 5) is 46.6. The maximum atomic E-state index is 12.1. The monoisotopic (exact) mass is 364 g/mol. The number of hydrogen-bond acceptors (Lipinski definition) is 6. The number of primary amides is 1. The number of carbonyl (C=O) groups is 4. The summed E-state index contributed by atoms with van der Waals surface area (Å²) < 4.78 is 10.4. The van der Waals surface area contributed by atoms with Gasteiger partial charge < -0.3 is 15.2 Å². The Hall–Kier alpha value is -2.90. The third-order valence-corrected chi connectivity index (χ3v) is 3.41. The van der Waals surface area contributed by atoms with Crippen LogP contribution in [0.4, 0.5) is 4.79 Å². The quantitative estimate of drug-likeness (QED) is 0.508. The van der Waals surface area contributed by atoms with E-state index in [4.69, 9.17) is 15.2 Å². The minimum Gasteiger partial charge on any atom is -0.494 e. The van der Waals surface area contributed by atoms with Crippen LogP contribution in [0.1, 0.15) is 44.0 Å². The Labute approximate surface area is 152 Å². The molecule has 142 valence electrons. The standard InChI is InChI=1S/C18H24N2O6/c1-4-25-13-7-5-12(6-8-13)14(21)9-10-15(22)26-16(11(2)3)17(23)20-18(19)24/h5-8,11,16H,4,9-10H2,1-3H3,(H3,19,20,23,24)/t16-/m0/s1. The topological polar surface area (TPSA) is 125 Å². The first-order valence-corrected chi connectivity index (χ1v) is 8.30. The molecule has 1 aromatic carbocycles. The first-order valence-electron chi connectivity index (χ1n) is 8.30. The number of amides is 3. The Balaban J connectivity index is 2.57. The van der Waals surface area contributed by atoms with Gasteiger partial charge in [-0.15, -0.1) is 0 Å². The first kappa shape index (κ1) is 21.1. The molecule has 3 N–H and O–H groups in total. The fourth-order valence-corrected chi connectivity index (χ4v) is 2.15. The summed E-state index contributed by atoms with van der Waals surface area (Å²) in [6.07, 6.45) is -1.40. The van der Waals surface area contributed by atoms with Crippen molar-refractivity contribution in [2.24, 2.45) is 11.7 Å². The van der Waals surface area contributed by atoms with Crippen LogP contribution in [0.5, 0.6) is 5.75 Å². The predicted octanol–water partition coefficient (Wildman–Crippen LogP) is 1.81. The van der Waals surface area contributed by atoms with Crippen molar-refractivity contribution in [3.8, 4) is 5.75 Å². The maximum absolute atomic E-state index is 12.1. The van der Waals surface area contributed by atoms with Gasteiger partial charge in [0.25, 0.3) is 5.91 Å². The minimum atomic E-state index is -1.16. The summed E-state index contributed by atoms with van der Waals surface area (Å²) in [7, 11) is 0. The molecule has 0 saturated heterocycles. The van der Waals surface area contributed by atoms with Gasteiger partial charge in [0.15, 0.2) is 11.9 Å². The lowest BCUT2D eigenvalue weighted by molar-refractivity contribution is -0.158. The van der Waals surface area contributed by atoms with Crippen molar-refractivity contribution in [1.29, 1.82) is 0 Å². The van der Waals surface area contributed by atoms with Crippen LogP contribution in [0.2, 0.25) is 0 Å². The van der Waals surface area contributed by atoms with Crippen molar-refractivity contribution >= 4 is 23.7 Å². The molecule has 0 spiro atoms. The Morgan fingerprint density at radius 1 is 1.08 bits per heavy atom. The van der Waals surface area contributed by atoms with Crippen LogP contribution in [0.3, 0.4) is 0 Å². The highest BCUT2D eigenvalue weighted by Crippen LogP contribution is 2.15. The average Bonchev–Trinajstić information content (AvgIpc) is 2.57. The molecule has 1 rings (SSSR count). The molecule has 1 aromatic rings. The van der Waals surface area contributed by atoms with E-state index >= 15 is 0 Å². The number of hydrogen-bond donors (Lipinski definition) is 2. The van der Waals surface area contributed by atoms with Crippen LogP contribution in [-0.2, 0) is 14.3 Å². The molecule has 0 bridgehead atoms. The van der Waals surface area contributed by atoms with Gasteiger partial charge in [-0.2, -0.15) is 0 Å². The van der Waals surface area contributed by atoms with Gasteiger partial charge in [0.2, 0.25) is 0 Å². The number of nitrogens with two attached hydrogens (primary N) is 1. The number of imide groups is 1. The highest BCUT2D eigenvalue weighted by Gasteiger charge is 2.27. The number of ketones is 1. The number of nitrogens with one attached hydrogen (secondary N) is 1. The van der Waals surface area contributed by atoms with E-state index in [1.807, 2.05) is 12.2 Å². The van der Waals surface area contributed by atoms with Gasteiger partial charge in [0.1, 0.15) is 5.75 Å². The summed E-state index contributed by atoms with van der Waals surface area (Å²) in [5.41, 5.74) is 5.34. The number of rotatable bonds is 9. The zero-order valence-electron chi connectivity index (χ0n) is 15.1. The molecule has 8 nitrogen and oxygen atoms in total. The van der Waals surface area contributed by atoms with Gasteiger partial charge in [-0.1, -0.05) is 13.8 Å². The molecule has 0 unspecified atom stereocenters. The zero-order valence-corrected chi connectivity index (χ0v) is 15.1. The second-order valence-corrected chi connectivity index (χ2v) is 5.89. The van der Waals surface area contributed by atoms with Crippen LogP contribution in [0, 0.1) is 5.92 Å². The van der Waals surface area contributed by atoms with Gasteiger partial charge in [-0.25, -0.2) is 4.79 Å². The Morgan fingerprint density at radius 3 is 2.19 bits per heavy atom. The van der Waals surface area contributed by atoms with E-state index in [0.29, 0.717) is 17.9 Å². The molecule has 0 aliphatic heterocycles. The molecule has 0 saturated carbocycles. The molecule has 0 fully saturated rings. The van der Waals surface area contributed by atoms with Crippen molar-refractivity contribution in [2.45, 2.75) is 39.7 Å². The van der Waals surface area contributed by atoms with E-state index in [1.165, 1.54) is 0 Å². The molecule has 8 heteroatoms. The summed E-state index contributed by atoms with van der Waals surface area (Å²) in [6.45, 7) is 5.70. The van der Waals surface area contributed by atoms with Gasteiger partial charge >= 0.3 is 12.0 Å². The smallest absolute Gasteiger partial charge is 0.318 e. The number of Topliss-reactive ketones (excluding diaryl/α,β-unsaturated/α-hetero) is 1. The highest BCUT2D eigenvalue weighted by molar-refractivity contribution is 5.98. The Morgan fingerprint density at radius 2 is 1.69 bits per heavy atom. The molecular formula is C18H24N2O6. The first-order chi connectivity index (χ1) is 12.2. The van der Waals surface area contributed by atoms with Crippen LogP contribution in [-0.4, -0.2) is 36.4 Å². The van der Waals surface area contributed by atoms with Crippen molar-refractivity contribution in [3.05, 3.63) is 29.8 Å². The van der Waals surface area contributed by atoms with Crippen LogP contribution in [0.25, 0.3) is 0 Å². The largest absolute Gasteiger partial charge is 0.494 e. The fraction of sp³-hybridized carbons (Fsp3) is 0.444. The molecule has 0 heterocycles. The van der Waals surface area contributed by atoms with Crippen molar-refractivity contribution in [2.75, 3.05) is 6.61 Å². The maximum Gasteiger partial charge on any atom is 0.318 e. The number of benzene rings is 1. The summed E-state index contributed by atoms with van der Waals surface area (Å²) in [5.74, 6) is -1.43. The van der Waals surface area contributed by atoms with Gasteiger partial charge in [0, 0.05) is 12.0 Å². The van der Waals surface area contributed by atoms with E-state index < -0.39 is 24.0 Å². The van der Waals surface area contributed by atoms with Gasteiger partial charge in [0.05, 0.1) is 13.0 Å². The Bertz CT molecular complexity index is 654. The molecule has 26 heavy (non-hydrogen) atoms. The van der Waals surface area contributed by atoms with Gasteiger partial charge in [-0.05, 0) is 37.1 Å². The van der Waals surface area contributed by atoms with Crippen molar-refractivity contribution < 1.29 is 28.7 Å². The third-order valence-electron chi connectivity index (χ3n) is 3.41. The lowest BCUT2D eigenvalue weighted by atomic mass is 10.1. The predicted molar refractivity (Wildman–Crippen MR) is 93.6 cm³/mol. The normalized spacial score (nSPS) is 11.5. The van der Waals surface area contributed by atoms with Crippen LogP contribution < -0.4 is 15.8 Å². The number of urea groups is 1. The van der Waals surface area contributed by atoms with Crippen LogP contribution >= 0.6 is 0 Å². The van der Waals surface area contributed by atoms with E-state index in [9.17, 15) is 19.2 Å². The molecule has 0 radical (unpaired) electrons. The third kappa shape index (κ3) is 6.92. The second-order valence-electron chi connectivity index (χ2n) is 5.89. The molecule has 1 atom stereocenters. The summed E-state index contributed by atoms with van der Waals surface area (Å²) in [5, 5.41) is 1.88. The molecule has 0 aliphatic carbocycles. The number of ether oxygens (including phenoxy) is 2. The molecule has 0 aliphatic rings. The lowest BCUT2D eigenvalue weighted by Crippen LogP contribution is -2.45. The van der Waals surface area contributed by atoms with E-state index in [2.05, 4.69) is 0 Å². The van der Waals surface area contributed by atoms with Crippen molar-refractivity contribution in [1.82, 2.24) is 5.32 Å². The highest BCUT2D eigenvalue weighted by atomic mass is 16.5. The van der Waals surface area contributed by atoms with E-state index in [1.54, 1.807) is 38.1 Å². The Kier molecular flexibility index (Phi) is 8.27.